The second-order valence-electron chi connectivity index (χ2n) is 2.90. The fourth-order valence-electron chi connectivity index (χ4n) is 1.22. The lowest BCUT2D eigenvalue weighted by molar-refractivity contribution is 0.0696. The molecule has 0 aromatic carbocycles. The highest BCUT2D eigenvalue weighted by atomic mass is 32.1. The van der Waals surface area contributed by atoms with Gasteiger partial charge in [0.2, 0.25) is 0 Å². The van der Waals surface area contributed by atoms with E-state index in [1.807, 2.05) is 17.5 Å². The van der Waals surface area contributed by atoms with Gasteiger partial charge in [0.1, 0.15) is 4.64 Å². The first-order valence-electron chi connectivity index (χ1n) is 4.19. The minimum Gasteiger partial charge on any atom is -0.478 e. The summed E-state index contributed by atoms with van der Waals surface area (Å²) in [6.07, 6.45) is 0. The van der Waals surface area contributed by atoms with Gasteiger partial charge in [-0.25, -0.2) is 4.79 Å². The quantitative estimate of drug-likeness (QED) is 0.789. The maximum atomic E-state index is 10.7. The second-order valence-corrected chi connectivity index (χ2v) is 4.25. The van der Waals surface area contributed by atoms with Crippen LogP contribution in [0.5, 0.6) is 0 Å². The number of carbonyl (C=O) groups is 1. The predicted octanol–water partition coefficient (Wildman–Crippen LogP) is 3.17. The number of carboxylic acids is 1. The van der Waals surface area contributed by atoms with Crippen LogP contribution in [0, 0.1) is 4.64 Å². The third-order valence-corrected chi connectivity index (χ3v) is 3.15. The number of rotatable bonds is 2. The molecule has 2 rings (SSSR count). The summed E-state index contributed by atoms with van der Waals surface area (Å²) in [5, 5.41) is 10.8. The van der Waals surface area contributed by atoms with Crippen molar-refractivity contribution in [3.8, 4) is 10.6 Å². The largest absolute Gasteiger partial charge is 0.478 e. The smallest absolute Gasteiger partial charge is 0.338 e. The highest BCUT2D eigenvalue weighted by Crippen LogP contribution is 2.22. The van der Waals surface area contributed by atoms with Gasteiger partial charge in [0, 0.05) is 0 Å². The lowest BCUT2D eigenvalue weighted by atomic mass is 10.2. The van der Waals surface area contributed by atoms with Crippen LogP contribution in [0.25, 0.3) is 10.6 Å². The summed E-state index contributed by atoms with van der Waals surface area (Å²) in [7, 11) is 0. The molecule has 2 aromatic heterocycles. The van der Waals surface area contributed by atoms with Crippen molar-refractivity contribution in [1.82, 2.24) is 4.98 Å². The van der Waals surface area contributed by atoms with Crippen LogP contribution in [-0.2, 0) is 0 Å². The monoisotopic (exact) mass is 237 g/mol. The Morgan fingerprint density at radius 2 is 2.20 bits per heavy atom. The Morgan fingerprint density at radius 3 is 2.73 bits per heavy atom. The van der Waals surface area contributed by atoms with E-state index in [-0.39, 0.29) is 10.2 Å². The summed E-state index contributed by atoms with van der Waals surface area (Å²) >= 11 is 6.53. The second kappa shape index (κ2) is 3.96. The summed E-state index contributed by atoms with van der Waals surface area (Å²) in [6, 6.07) is 7.13. The van der Waals surface area contributed by atoms with Crippen LogP contribution in [0.3, 0.4) is 0 Å². The van der Waals surface area contributed by atoms with Gasteiger partial charge in [0.25, 0.3) is 0 Å². The van der Waals surface area contributed by atoms with Crippen LogP contribution >= 0.6 is 23.6 Å². The zero-order valence-corrected chi connectivity index (χ0v) is 9.19. The fourth-order valence-corrected chi connectivity index (χ4v) is 2.19. The minimum atomic E-state index is -1.01. The maximum absolute atomic E-state index is 10.7. The molecule has 0 atom stereocenters. The van der Waals surface area contributed by atoms with E-state index in [2.05, 4.69) is 4.98 Å². The zero-order chi connectivity index (χ0) is 10.8. The number of H-pyrrole nitrogens is 1. The van der Waals surface area contributed by atoms with E-state index in [1.165, 1.54) is 6.07 Å². The van der Waals surface area contributed by atoms with Crippen molar-refractivity contribution in [2.75, 3.05) is 0 Å². The Bertz CT molecular complexity index is 543. The van der Waals surface area contributed by atoms with Crippen molar-refractivity contribution in [3.63, 3.8) is 0 Å². The van der Waals surface area contributed by atoms with Gasteiger partial charge in [-0.1, -0.05) is 18.3 Å². The summed E-state index contributed by atoms with van der Waals surface area (Å²) in [5.74, 6) is -1.01. The minimum absolute atomic E-state index is 0.130. The van der Waals surface area contributed by atoms with E-state index in [0.29, 0.717) is 0 Å². The van der Waals surface area contributed by atoms with Crippen molar-refractivity contribution in [2.24, 2.45) is 0 Å². The van der Waals surface area contributed by atoms with Crippen molar-refractivity contribution in [3.05, 3.63) is 39.8 Å². The van der Waals surface area contributed by atoms with Crippen LogP contribution in [0.15, 0.2) is 29.6 Å². The third-order valence-electron chi connectivity index (χ3n) is 1.93. The average Bonchev–Trinajstić information content (AvgIpc) is 2.69. The molecule has 76 valence electrons. The van der Waals surface area contributed by atoms with Crippen LogP contribution in [-0.4, -0.2) is 16.1 Å². The molecule has 0 aliphatic rings. The van der Waals surface area contributed by atoms with Crippen molar-refractivity contribution >= 4 is 29.5 Å². The molecule has 0 spiro atoms. The molecule has 2 heterocycles. The summed E-state index contributed by atoms with van der Waals surface area (Å²) in [6.45, 7) is 0. The molecule has 0 aliphatic carbocycles. The number of carboxylic acid groups (broad SMARTS) is 1. The number of hydrogen-bond donors (Lipinski definition) is 2. The van der Waals surface area contributed by atoms with Crippen molar-refractivity contribution in [2.45, 2.75) is 0 Å². The number of hydrogen-bond acceptors (Lipinski definition) is 3. The molecule has 0 saturated heterocycles. The molecule has 0 unspecified atom stereocenters. The maximum Gasteiger partial charge on any atom is 0.338 e. The average molecular weight is 237 g/mol. The molecular formula is C10H7NO2S2. The van der Waals surface area contributed by atoms with E-state index in [9.17, 15) is 4.79 Å². The summed E-state index contributed by atoms with van der Waals surface area (Å²) in [5.41, 5.74) is 0.977. The Labute approximate surface area is 95.0 Å². The molecule has 0 saturated carbocycles. The van der Waals surface area contributed by atoms with E-state index < -0.39 is 5.97 Å². The standard InChI is InChI=1S/C10H7NO2S2/c12-10(13)6-3-4-7(11-9(6)14)8-2-1-5-15-8/h1-5H,(H,11,14)(H,12,13). The van der Waals surface area contributed by atoms with Crippen LogP contribution in [0.4, 0.5) is 0 Å². The van der Waals surface area contributed by atoms with Gasteiger partial charge < -0.3 is 10.1 Å². The lowest BCUT2D eigenvalue weighted by Gasteiger charge is -1.99. The molecule has 3 nitrogen and oxygen atoms in total. The van der Waals surface area contributed by atoms with E-state index in [1.54, 1.807) is 17.4 Å². The number of aromatic amines is 1. The van der Waals surface area contributed by atoms with Gasteiger partial charge >= 0.3 is 5.97 Å². The van der Waals surface area contributed by atoms with E-state index in [4.69, 9.17) is 17.3 Å². The number of pyridine rings is 1. The first kappa shape index (κ1) is 10.1. The molecule has 0 bridgehead atoms. The topological polar surface area (TPSA) is 53.1 Å². The summed E-state index contributed by atoms with van der Waals surface area (Å²) in [4.78, 5) is 14.7. The van der Waals surface area contributed by atoms with Gasteiger partial charge in [0.05, 0.1) is 16.1 Å². The molecule has 0 fully saturated rings. The predicted molar refractivity (Wildman–Crippen MR) is 61.9 cm³/mol. The Hall–Kier alpha value is -1.46. The van der Waals surface area contributed by atoms with E-state index in [0.717, 1.165) is 10.6 Å². The van der Waals surface area contributed by atoms with E-state index >= 15 is 0 Å². The Kier molecular flexibility index (Phi) is 2.66. The molecule has 0 radical (unpaired) electrons. The van der Waals surface area contributed by atoms with Crippen molar-refractivity contribution < 1.29 is 9.90 Å². The number of aromatic nitrogens is 1. The van der Waals surface area contributed by atoms with Crippen molar-refractivity contribution in [1.29, 1.82) is 0 Å². The number of thiophene rings is 1. The highest BCUT2D eigenvalue weighted by molar-refractivity contribution is 7.71. The van der Waals surface area contributed by atoms with Gasteiger partial charge in [-0.2, -0.15) is 0 Å². The number of nitrogens with one attached hydrogen (secondary N) is 1. The fraction of sp³-hybridized carbons (Fsp3) is 0. The molecule has 15 heavy (non-hydrogen) atoms. The molecule has 2 N–H and O–H groups in total. The summed E-state index contributed by atoms with van der Waals surface area (Å²) < 4.78 is 0.258. The molecule has 2 aromatic rings. The Balaban J connectivity index is 2.52. The molecular weight excluding hydrogens is 230 g/mol. The van der Waals surface area contributed by atoms with Crippen LogP contribution in [0.1, 0.15) is 10.4 Å². The van der Waals surface area contributed by atoms with Gasteiger partial charge in [0.15, 0.2) is 0 Å². The third kappa shape index (κ3) is 1.98. The lowest BCUT2D eigenvalue weighted by Crippen LogP contribution is -1.98. The highest BCUT2D eigenvalue weighted by Gasteiger charge is 2.06. The normalized spacial score (nSPS) is 10.1. The zero-order valence-electron chi connectivity index (χ0n) is 7.56. The molecule has 0 amide bonds. The number of aromatic carboxylic acids is 1. The van der Waals surface area contributed by atoms with Gasteiger partial charge in [-0.05, 0) is 23.6 Å². The first-order chi connectivity index (χ1) is 7.18. The SMILES string of the molecule is O=C(O)c1ccc(-c2cccs2)[nH]c1=S. The van der Waals surface area contributed by atoms with Gasteiger partial charge in [-0.15, -0.1) is 11.3 Å². The molecule has 5 heteroatoms. The Morgan fingerprint density at radius 1 is 1.40 bits per heavy atom. The van der Waals surface area contributed by atoms with Crippen LogP contribution in [0.2, 0.25) is 0 Å². The molecule has 0 aliphatic heterocycles. The first-order valence-corrected chi connectivity index (χ1v) is 5.48. The van der Waals surface area contributed by atoms with Crippen LogP contribution < -0.4 is 0 Å². The van der Waals surface area contributed by atoms with Gasteiger partial charge in [-0.3, -0.25) is 0 Å².